The number of halogens is 2. The van der Waals surface area contributed by atoms with Crippen LogP contribution in [-0.2, 0) is 4.79 Å². The zero-order valence-electron chi connectivity index (χ0n) is 19.2. The summed E-state index contributed by atoms with van der Waals surface area (Å²) >= 11 is 12.9. The van der Waals surface area contributed by atoms with Gasteiger partial charge in [-0.3, -0.25) is 9.36 Å². The monoisotopic (exact) mass is 508 g/mol. The standard InChI is InChI=1S/C26H22Cl2N4O3/c1-14-23(25(33)30-19-13-21(34-2)17(28)12-22(19)35-3)24(15-8-4-5-9-16(15)27)32-20-11-7-6-10-18(20)31-26(32)29-14/h4-13,24H,1-3H3,(H,29,31)(H,30,33)/t24-/m0/s1. The van der Waals surface area contributed by atoms with Crippen molar-refractivity contribution in [3.8, 4) is 11.5 Å². The molecular weight excluding hydrogens is 487 g/mol. The van der Waals surface area contributed by atoms with Crippen LogP contribution in [0.15, 0.2) is 71.9 Å². The van der Waals surface area contributed by atoms with Crippen LogP contribution in [-0.4, -0.2) is 29.7 Å². The van der Waals surface area contributed by atoms with Gasteiger partial charge in [-0.25, -0.2) is 4.98 Å². The number of carbonyl (C=O) groups excluding carboxylic acids is 1. The first-order chi connectivity index (χ1) is 16.9. The number of para-hydroxylation sites is 2. The Balaban J connectivity index is 1.66. The predicted octanol–water partition coefficient (Wildman–Crippen LogP) is 6.29. The molecule has 5 rings (SSSR count). The fraction of sp³-hybridized carbons (Fsp3) is 0.154. The zero-order valence-corrected chi connectivity index (χ0v) is 20.7. The minimum atomic E-state index is -0.521. The maximum absolute atomic E-state index is 13.9. The van der Waals surface area contributed by atoms with E-state index in [1.54, 1.807) is 12.1 Å². The lowest BCUT2D eigenvalue weighted by atomic mass is 9.94. The molecule has 178 valence electrons. The van der Waals surface area contributed by atoms with E-state index in [0.717, 1.165) is 16.6 Å². The first-order valence-electron chi connectivity index (χ1n) is 10.8. The van der Waals surface area contributed by atoms with Crippen molar-refractivity contribution in [2.45, 2.75) is 13.0 Å². The van der Waals surface area contributed by atoms with E-state index in [2.05, 4.69) is 10.6 Å². The molecule has 0 fully saturated rings. The van der Waals surface area contributed by atoms with Crippen molar-refractivity contribution < 1.29 is 14.3 Å². The summed E-state index contributed by atoms with van der Waals surface area (Å²) < 4.78 is 12.8. The number of methoxy groups -OCH3 is 2. The van der Waals surface area contributed by atoms with Crippen molar-refractivity contribution in [2.24, 2.45) is 0 Å². The molecule has 0 spiro atoms. The van der Waals surface area contributed by atoms with Gasteiger partial charge in [-0.05, 0) is 30.7 Å². The maximum Gasteiger partial charge on any atom is 0.255 e. The van der Waals surface area contributed by atoms with Crippen molar-refractivity contribution in [3.05, 3.63) is 87.5 Å². The fourth-order valence-corrected chi connectivity index (χ4v) is 4.87. The fourth-order valence-electron chi connectivity index (χ4n) is 4.40. The number of anilines is 2. The molecule has 0 bridgehead atoms. The van der Waals surface area contributed by atoms with Crippen LogP contribution in [0.1, 0.15) is 18.5 Å². The molecule has 0 aliphatic carbocycles. The molecule has 2 heterocycles. The number of aromatic nitrogens is 2. The highest BCUT2D eigenvalue weighted by Crippen LogP contribution is 2.42. The number of fused-ring (bicyclic) bond motifs is 3. The molecule has 1 aromatic heterocycles. The first-order valence-corrected chi connectivity index (χ1v) is 11.6. The number of allylic oxidation sites excluding steroid dienone is 1. The van der Waals surface area contributed by atoms with Gasteiger partial charge in [-0.15, -0.1) is 0 Å². The number of nitrogens with one attached hydrogen (secondary N) is 2. The SMILES string of the molecule is COc1cc(NC(=O)C2=C(C)Nc3nc4ccccc4n3[C@H]2c2ccccc2Cl)c(OC)cc1Cl. The topological polar surface area (TPSA) is 77.4 Å². The summed E-state index contributed by atoms with van der Waals surface area (Å²) in [5, 5.41) is 7.20. The third-order valence-electron chi connectivity index (χ3n) is 6.00. The summed E-state index contributed by atoms with van der Waals surface area (Å²) in [7, 11) is 3.02. The van der Waals surface area contributed by atoms with E-state index in [1.165, 1.54) is 14.2 Å². The van der Waals surface area contributed by atoms with Crippen LogP contribution in [0.25, 0.3) is 11.0 Å². The number of imidazole rings is 1. The van der Waals surface area contributed by atoms with Gasteiger partial charge in [0, 0.05) is 22.9 Å². The Hall–Kier alpha value is -3.68. The van der Waals surface area contributed by atoms with Gasteiger partial charge in [0.2, 0.25) is 5.95 Å². The Morgan fingerprint density at radius 3 is 2.46 bits per heavy atom. The van der Waals surface area contributed by atoms with Gasteiger partial charge in [0.05, 0.1) is 47.6 Å². The van der Waals surface area contributed by atoms with Crippen LogP contribution < -0.4 is 20.1 Å². The highest BCUT2D eigenvalue weighted by molar-refractivity contribution is 6.32. The normalized spacial score (nSPS) is 14.9. The largest absolute Gasteiger partial charge is 0.495 e. The smallest absolute Gasteiger partial charge is 0.255 e. The van der Waals surface area contributed by atoms with Crippen molar-refractivity contribution in [2.75, 3.05) is 24.9 Å². The second-order valence-electron chi connectivity index (χ2n) is 8.02. The molecule has 1 amide bonds. The van der Waals surface area contributed by atoms with E-state index in [9.17, 15) is 4.79 Å². The molecule has 0 radical (unpaired) electrons. The van der Waals surface area contributed by atoms with E-state index >= 15 is 0 Å². The average Bonchev–Trinajstić information content (AvgIpc) is 3.22. The van der Waals surface area contributed by atoms with E-state index < -0.39 is 6.04 Å². The number of benzene rings is 3. The summed E-state index contributed by atoms with van der Waals surface area (Å²) in [5.74, 6) is 1.14. The maximum atomic E-state index is 13.9. The molecular formula is C26H22Cl2N4O3. The number of nitrogens with zero attached hydrogens (tertiary/aromatic N) is 2. The Labute approximate surface area is 212 Å². The van der Waals surface area contributed by atoms with E-state index in [1.807, 2.05) is 60.0 Å². The minimum Gasteiger partial charge on any atom is -0.495 e. The Bertz CT molecular complexity index is 1500. The highest BCUT2D eigenvalue weighted by atomic mass is 35.5. The van der Waals surface area contributed by atoms with Gasteiger partial charge < -0.3 is 20.1 Å². The summed E-state index contributed by atoms with van der Waals surface area (Å²) in [4.78, 5) is 18.6. The van der Waals surface area contributed by atoms with Crippen molar-refractivity contribution >= 4 is 51.8 Å². The lowest BCUT2D eigenvalue weighted by Gasteiger charge is -2.31. The summed E-state index contributed by atoms with van der Waals surface area (Å²) in [6.45, 7) is 1.85. The van der Waals surface area contributed by atoms with Gasteiger partial charge in [0.15, 0.2) is 0 Å². The molecule has 35 heavy (non-hydrogen) atoms. The quantitative estimate of drug-likeness (QED) is 0.331. The molecule has 1 atom stereocenters. The molecule has 3 aromatic carbocycles. The molecule has 7 nitrogen and oxygen atoms in total. The third kappa shape index (κ3) is 3.96. The van der Waals surface area contributed by atoms with Crippen molar-refractivity contribution in [3.63, 3.8) is 0 Å². The average molecular weight is 509 g/mol. The molecule has 4 aromatic rings. The van der Waals surface area contributed by atoms with E-state index in [0.29, 0.717) is 44.5 Å². The Morgan fingerprint density at radius 1 is 1.00 bits per heavy atom. The van der Waals surface area contributed by atoms with Gasteiger partial charge in [0.1, 0.15) is 11.5 Å². The van der Waals surface area contributed by atoms with Crippen LogP contribution >= 0.6 is 23.2 Å². The van der Waals surface area contributed by atoms with Gasteiger partial charge >= 0.3 is 0 Å². The molecule has 0 unspecified atom stereocenters. The van der Waals surface area contributed by atoms with Gasteiger partial charge in [-0.1, -0.05) is 53.5 Å². The predicted molar refractivity (Wildman–Crippen MR) is 139 cm³/mol. The molecule has 0 saturated carbocycles. The van der Waals surface area contributed by atoms with Crippen LogP contribution in [0.3, 0.4) is 0 Å². The number of carbonyl (C=O) groups is 1. The molecule has 1 aliphatic rings. The highest BCUT2D eigenvalue weighted by Gasteiger charge is 2.35. The second kappa shape index (κ2) is 9.17. The second-order valence-corrected chi connectivity index (χ2v) is 8.84. The number of hydrogen-bond donors (Lipinski definition) is 2. The molecule has 2 N–H and O–H groups in total. The Kier molecular flexibility index (Phi) is 6.05. The van der Waals surface area contributed by atoms with Crippen molar-refractivity contribution in [1.29, 1.82) is 0 Å². The van der Waals surface area contributed by atoms with Crippen LogP contribution in [0.2, 0.25) is 10.0 Å². The van der Waals surface area contributed by atoms with Crippen LogP contribution in [0, 0.1) is 0 Å². The van der Waals surface area contributed by atoms with E-state index in [4.69, 9.17) is 37.7 Å². The van der Waals surface area contributed by atoms with Crippen molar-refractivity contribution in [1.82, 2.24) is 9.55 Å². The number of amides is 1. The number of hydrogen-bond acceptors (Lipinski definition) is 5. The zero-order chi connectivity index (χ0) is 24.7. The van der Waals surface area contributed by atoms with Crippen LogP contribution in [0.5, 0.6) is 11.5 Å². The van der Waals surface area contributed by atoms with Gasteiger partial charge in [-0.2, -0.15) is 0 Å². The Morgan fingerprint density at radius 2 is 1.71 bits per heavy atom. The molecule has 9 heteroatoms. The van der Waals surface area contributed by atoms with E-state index in [-0.39, 0.29) is 5.91 Å². The lowest BCUT2D eigenvalue weighted by Crippen LogP contribution is -2.31. The third-order valence-corrected chi connectivity index (χ3v) is 6.64. The number of rotatable bonds is 5. The first kappa shape index (κ1) is 23.1. The molecule has 0 saturated heterocycles. The number of ether oxygens (including phenoxy) is 2. The minimum absolute atomic E-state index is 0.328. The summed E-state index contributed by atoms with van der Waals surface area (Å²) in [6, 6.07) is 18.0. The van der Waals surface area contributed by atoms with Gasteiger partial charge in [0.25, 0.3) is 5.91 Å². The van der Waals surface area contributed by atoms with Crippen LogP contribution in [0.4, 0.5) is 11.6 Å². The lowest BCUT2D eigenvalue weighted by molar-refractivity contribution is -0.113. The summed E-state index contributed by atoms with van der Waals surface area (Å²) in [6.07, 6.45) is 0. The summed E-state index contributed by atoms with van der Waals surface area (Å²) in [5.41, 5.74) is 4.05. The molecule has 1 aliphatic heterocycles.